The summed E-state index contributed by atoms with van der Waals surface area (Å²) in [7, 11) is 0. The topological polar surface area (TPSA) is 91.3 Å². The number of nitrogens with one attached hydrogen (secondary N) is 2. The van der Waals surface area contributed by atoms with Crippen LogP contribution in [0.15, 0.2) is 18.3 Å². The van der Waals surface area contributed by atoms with Crippen LogP contribution in [0.2, 0.25) is 0 Å². The molecule has 0 aliphatic heterocycles. The van der Waals surface area contributed by atoms with E-state index in [0.717, 1.165) is 6.42 Å². The summed E-state index contributed by atoms with van der Waals surface area (Å²) >= 11 is 0. The zero-order chi connectivity index (χ0) is 13.4. The van der Waals surface area contributed by atoms with Gasteiger partial charge in [-0.25, -0.2) is 9.78 Å². The lowest BCUT2D eigenvalue weighted by atomic mass is 10.3. The third-order valence-electron chi connectivity index (χ3n) is 2.24. The Bertz CT molecular complexity index is 404. The number of hydrogen-bond acceptors (Lipinski definition) is 4. The summed E-state index contributed by atoms with van der Waals surface area (Å²) in [6.45, 7) is 3.14. The van der Waals surface area contributed by atoms with Crippen molar-refractivity contribution in [1.82, 2.24) is 10.3 Å². The van der Waals surface area contributed by atoms with E-state index in [-0.39, 0.29) is 11.5 Å². The number of hydrogen-bond donors (Lipinski definition) is 3. The largest absolute Gasteiger partial charge is 0.478 e. The number of nitrogens with zero attached hydrogens (tertiary/aromatic N) is 1. The van der Waals surface area contributed by atoms with Crippen LogP contribution in [0.5, 0.6) is 0 Å². The lowest BCUT2D eigenvalue weighted by Crippen LogP contribution is -2.25. The number of carbonyl (C=O) groups excluding carboxylic acids is 1. The van der Waals surface area contributed by atoms with E-state index in [4.69, 9.17) is 5.11 Å². The van der Waals surface area contributed by atoms with Gasteiger partial charge in [-0.3, -0.25) is 4.79 Å². The molecule has 0 bridgehead atoms. The van der Waals surface area contributed by atoms with Gasteiger partial charge in [-0.2, -0.15) is 0 Å². The summed E-state index contributed by atoms with van der Waals surface area (Å²) in [6.07, 6.45) is 2.56. The molecular formula is C12H17N3O3. The van der Waals surface area contributed by atoms with Gasteiger partial charge >= 0.3 is 5.97 Å². The molecule has 1 rings (SSSR count). The van der Waals surface area contributed by atoms with Crippen molar-refractivity contribution in [3.05, 3.63) is 23.9 Å². The fourth-order valence-corrected chi connectivity index (χ4v) is 1.28. The SMILES string of the molecule is CCCNC(=O)CCNc1ccc(C(=O)O)cn1. The Labute approximate surface area is 105 Å². The molecule has 3 N–H and O–H groups in total. The molecule has 1 aromatic heterocycles. The highest BCUT2D eigenvalue weighted by atomic mass is 16.4. The van der Waals surface area contributed by atoms with Crippen molar-refractivity contribution in [2.45, 2.75) is 19.8 Å². The Balaban J connectivity index is 2.31. The van der Waals surface area contributed by atoms with Crippen LogP contribution in [0.4, 0.5) is 5.82 Å². The summed E-state index contributed by atoms with van der Waals surface area (Å²) in [5.74, 6) is -0.456. The zero-order valence-electron chi connectivity index (χ0n) is 10.3. The van der Waals surface area contributed by atoms with Crippen molar-refractivity contribution in [3.63, 3.8) is 0 Å². The van der Waals surface area contributed by atoms with Crippen molar-refractivity contribution in [2.24, 2.45) is 0 Å². The van der Waals surface area contributed by atoms with E-state index in [1.165, 1.54) is 12.3 Å². The number of rotatable bonds is 7. The van der Waals surface area contributed by atoms with Crippen molar-refractivity contribution in [3.8, 4) is 0 Å². The van der Waals surface area contributed by atoms with Crippen LogP contribution < -0.4 is 10.6 Å². The van der Waals surface area contributed by atoms with E-state index in [9.17, 15) is 9.59 Å². The summed E-state index contributed by atoms with van der Waals surface area (Å²) < 4.78 is 0. The van der Waals surface area contributed by atoms with Gasteiger partial charge in [-0.1, -0.05) is 6.92 Å². The number of aromatic nitrogens is 1. The monoisotopic (exact) mass is 251 g/mol. The van der Waals surface area contributed by atoms with Crippen molar-refractivity contribution >= 4 is 17.7 Å². The van der Waals surface area contributed by atoms with E-state index in [1.807, 2.05) is 6.92 Å². The van der Waals surface area contributed by atoms with Crippen LogP contribution in [-0.2, 0) is 4.79 Å². The summed E-state index contributed by atoms with van der Waals surface area (Å²) in [5.41, 5.74) is 0.140. The van der Waals surface area contributed by atoms with Gasteiger partial charge < -0.3 is 15.7 Å². The Hall–Kier alpha value is -2.11. The van der Waals surface area contributed by atoms with Gasteiger partial charge in [-0.15, -0.1) is 0 Å². The maximum atomic E-state index is 11.3. The molecule has 0 atom stereocenters. The Morgan fingerprint density at radius 3 is 2.67 bits per heavy atom. The molecular weight excluding hydrogens is 234 g/mol. The molecule has 0 saturated carbocycles. The van der Waals surface area contributed by atoms with E-state index in [1.54, 1.807) is 6.07 Å². The summed E-state index contributed by atoms with van der Waals surface area (Å²) in [6, 6.07) is 3.04. The number of pyridine rings is 1. The molecule has 0 spiro atoms. The average Bonchev–Trinajstić information content (AvgIpc) is 2.37. The maximum absolute atomic E-state index is 11.3. The first-order chi connectivity index (χ1) is 8.63. The van der Waals surface area contributed by atoms with E-state index in [0.29, 0.717) is 25.3 Å². The second-order valence-electron chi connectivity index (χ2n) is 3.76. The molecule has 0 aromatic carbocycles. The van der Waals surface area contributed by atoms with Crippen LogP contribution in [0.1, 0.15) is 30.1 Å². The first-order valence-electron chi connectivity index (χ1n) is 5.83. The number of carbonyl (C=O) groups is 2. The van der Waals surface area contributed by atoms with Crippen LogP contribution in [0.3, 0.4) is 0 Å². The summed E-state index contributed by atoms with van der Waals surface area (Å²) in [4.78, 5) is 25.8. The smallest absolute Gasteiger partial charge is 0.337 e. The average molecular weight is 251 g/mol. The number of anilines is 1. The van der Waals surface area contributed by atoms with Crippen LogP contribution in [-0.4, -0.2) is 35.1 Å². The van der Waals surface area contributed by atoms with E-state index in [2.05, 4.69) is 15.6 Å². The fraction of sp³-hybridized carbons (Fsp3) is 0.417. The van der Waals surface area contributed by atoms with Gasteiger partial charge in [0.2, 0.25) is 5.91 Å². The molecule has 98 valence electrons. The fourth-order valence-electron chi connectivity index (χ4n) is 1.28. The van der Waals surface area contributed by atoms with Gasteiger partial charge in [-0.05, 0) is 18.6 Å². The molecule has 0 saturated heterocycles. The molecule has 0 radical (unpaired) electrons. The van der Waals surface area contributed by atoms with E-state index >= 15 is 0 Å². The van der Waals surface area contributed by atoms with Crippen LogP contribution >= 0.6 is 0 Å². The standard InChI is InChI=1S/C12H17N3O3/c1-2-6-14-11(16)5-7-13-10-4-3-9(8-15-10)12(17)18/h3-4,8H,2,5-7H2,1H3,(H,13,15)(H,14,16)(H,17,18). The van der Waals surface area contributed by atoms with Crippen LogP contribution in [0, 0.1) is 0 Å². The quantitative estimate of drug-likeness (QED) is 0.675. The molecule has 6 nitrogen and oxygen atoms in total. The van der Waals surface area contributed by atoms with Gasteiger partial charge in [0.25, 0.3) is 0 Å². The first kappa shape index (κ1) is 14.0. The highest BCUT2D eigenvalue weighted by Gasteiger charge is 2.03. The highest BCUT2D eigenvalue weighted by molar-refractivity contribution is 5.87. The molecule has 1 heterocycles. The minimum absolute atomic E-state index is 0.00786. The third kappa shape index (κ3) is 4.82. The van der Waals surface area contributed by atoms with Crippen molar-refractivity contribution in [1.29, 1.82) is 0 Å². The van der Waals surface area contributed by atoms with Gasteiger partial charge in [0, 0.05) is 25.7 Å². The Kier molecular flexibility index (Phi) is 5.63. The minimum atomic E-state index is -1.01. The number of carboxylic acid groups (broad SMARTS) is 1. The second-order valence-corrected chi connectivity index (χ2v) is 3.76. The Morgan fingerprint density at radius 2 is 2.11 bits per heavy atom. The third-order valence-corrected chi connectivity index (χ3v) is 2.24. The summed E-state index contributed by atoms with van der Waals surface area (Å²) in [5, 5.41) is 14.4. The normalized spacial score (nSPS) is 9.83. The predicted molar refractivity (Wildman–Crippen MR) is 67.6 cm³/mol. The number of aromatic carboxylic acids is 1. The van der Waals surface area contributed by atoms with Gasteiger partial charge in [0.05, 0.1) is 5.56 Å². The maximum Gasteiger partial charge on any atom is 0.337 e. The first-order valence-corrected chi connectivity index (χ1v) is 5.83. The molecule has 0 fully saturated rings. The molecule has 18 heavy (non-hydrogen) atoms. The minimum Gasteiger partial charge on any atom is -0.478 e. The molecule has 0 unspecified atom stereocenters. The molecule has 6 heteroatoms. The second kappa shape index (κ2) is 7.26. The molecule has 0 aliphatic rings. The lowest BCUT2D eigenvalue weighted by molar-refractivity contribution is -0.120. The molecule has 1 amide bonds. The van der Waals surface area contributed by atoms with Gasteiger partial charge in [0.15, 0.2) is 0 Å². The number of amides is 1. The van der Waals surface area contributed by atoms with Crippen molar-refractivity contribution < 1.29 is 14.7 Å². The highest BCUT2D eigenvalue weighted by Crippen LogP contribution is 2.04. The van der Waals surface area contributed by atoms with Crippen molar-refractivity contribution in [2.75, 3.05) is 18.4 Å². The predicted octanol–water partition coefficient (Wildman–Crippen LogP) is 1.11. The molecule has 1 aromatic rings. The van der Waals surface area contributed by atoms with E-state index < -0.39 is 5.97 Å². The molecule has 0 aliphatic carbocycles. The lowest BCUT2D eigenvalue weighted by Gasteiger charge is -2.06. The number of carboxylic acids is 1. The van der Waals surface area contributed by atoms with Gasteiger partial charge in [0.1, 0.15) is 5.82 Å². The Morgan fingerprint density at radius 1 is 1.33 bits per heavy atom. The van der Waals surface area contributed by atoms with Crippen LogP contribution in [0.25, 0.3) is 0 Å². The zero-order valence-corrected chi connectivity index (χ0v) is 10.3.